The number of hydrogen-bond donors (Lipinski definition) is 3. The molecule has 0 aliphatic carbocycles. The molecule has 1 amide bonds. The molecule has 0 aliphatic heterocycles. The minimum absolute atomic E-state index is 0.0393. The molecule has 1 atom stereocenters. The third-order valence-electron chi connectivity index (χ3n) is 1.05. The molecule has 0 aromatic rings. The second kappa shape index (κ2) is 5.17. The fourth-order valence-corrected chi connectivity index (χ4v) is 2.42. The van der Waals surface area contributed by atoms with Crippen LogP contribution in [0.1, 0.15) is 6.92 Å². The van der Waals surface area contributed by atoms with Gasteiger partial charge >= 0.3 is 15.1 Å². The highest BCUT2D eigenvalue weighted by Crippen LogP contribution is 2.16. The fraction of sp³-hybridized carbons (Fsp3) is 0.600. The van der Waals surface area contributed by atoms with Crippen molar-refractivity contribution in [2.45, 2.75) is 12.2 Å². The molecule has 0 bridgehead atoms. The molecule has 0 aromatic heterocycles. The van der Waals surface area contributed by atoms with Crippen molar-refractivity contribution in [1.29, 1.82) is 0 Å². The van der Waals surface area contributed by atoms with Crippen LogP contribution in [0, 0.1) is 0 Å². The zero-order chi connectivity index (χ0) is 11.4. The number of rotatable bonds is 5. The second-order valence-corrected chi connectivity index (χ2v) is 5.87. The van der Waals surface area contributed by atoms with Crippen molar-refractivity contribution in [3.05, 3.63) is 0 Å². The van der Waals surface area contributed by atoms with Crippen LogP contribution < -0.4 is 5.32 Å². The van der Waals surface area contributed by atoms with E-state index in [0.29, 0.717) is 0 Å². The van der Waals surface area contributed by atoms with Gasteiger partial charge < -0.3 is 10.4 Å². The summed E-state index contributed by atoms with van der Waals surface area (Å²) in [5, 5.41) is 9.09. The third kappa shape index (κ3) is 6.69. The molecule has 0 radical (unpaired) electrons. The summed E-state index contributed by atoms with van der Waals surface area (Å²) < 4.78 is 29.0. The molecule has 7 nitrogen and oxygen atoms in total. The van der Waals surface area contributed by atoms with E-state index >= 15 is 0 Å². The molecule has 0 spiro atoms. The Morgan fingerprint density at radius 2 is 2.00 bits per heavy atom. The van der Waals surface area contributed by atoms with E-state index in [2.05, 4.69) is 0 Å². The van der Waals surface area contributed by atoms with Crippen LogP contribution in [-0.4, -0.2) is 41.7 Å². The number of amides is 1. The summed E-state index contributed by atoms with van der Waals surface area (Å²) in [6, 6.07) is 0. The third-order valence-corrected chi connectivity index (χ3v) is 3.39. The molecule has 0 aliphatic rings. The van der Waals surface area contributed by atoms with E-state index in [1.807, 2.05) is 5.32 Å². The summed E-state index contributed by atoms with van der Waals surface area (Å²) in [4.78, 5) is 21.0. The van der Waals surface area contributed by atoms with E-state index in [-0.39, 0.29) is 10.8 Å². The van der Waals surface area contributed by atoms with Gasteiger partial charge in [-0.2, -0.15) is 8.42 Å². The van der Waals surface area contributed by atoms with Crippen LogP contribution in [0.15, 0.2) is 0 Å². The number of carboxylic acid groups (broad SMARTS) is 1. The predicted octanol–water partition coefficient (Wildman–Crippen LogP) is -0.888. The average Bonchev–Trinajstić information content (AvgIpc) is 1.96. The highest BCUT2D eigenvalue weighted by Gasteiger charge is 2.20. The largest absolute Gasteiger partial charge is 0.480 e. The van der Waals surface area contributed by atoms with Crippen LogP contribution in [0.5, 0.6) is 0 Å². The smallest absolute Gasteiger partial charge is 0.322 e. The topological polar surface area (TPSA) is 121 Å². The first kappa shape index (κ1) is 13.2. The lowest BCUT2D eigenvalue weighted by Gasteiger charge is -2.07. The van der Waals surface area contributed by atoms with E-state index in [4.69, 9.17) is 9.66 Å². The first-order valence-corrected chi connectivity index (χ1v) is 6.21. The normalized spacial score (nSPS) is 13.3. The van der Waals surface area contributed by atoms with Crippen molar-refractivity contribution in [2.24, 2.45) is 0 Å². The first-order chi connectivity index (χ1) is 6.22. The van der Waals surface area contributed by atoms with Gasteiger partial charge in [0.2, 0.25) is 5.91 Å². The molecule has 1 unspecified atom stereocenters. The van der Waals surface area contributed by atoms with E-state index < -0.39 is 32.8 Å². The predicted molar refractivity (Wildman–Crippen MR) is 49.2 cm³/mol. The van der Waals surface area contributed by atoms with Gasteiger partial charge in [-0.15, -0.1) is 0 Å². The number of nitrogens with one attached hydrogen (secondary N) is 1. The van der Waals surface area contributed by atoms with Crippen LogP contribution in [0.25, 0.3) is 0 Å². The van der Waals surface area contributed by atoms with E-state index in [0.717, 1.165) is 0 Å². The van der Waals surface area contributed by atoms with Crippen LogP contribution in [0.2, 0.25) is 0 Å². The Bertz CT molecular complexity index is 323. The number of carboxylic acids is 1. The average molecular weight is 243 g/mol. The minimum Gasteiger partial charge on any atom is -0.480 e. The zero-order valence-corrected chi connectivity index (χ0v) is 8.76. The maximum absolute atomic E-state index is 11.0. The van der Waals surface area contributed by atoms with Crippen molar-refractivity contribution >= 4 is 31.8 Å². The maximum atomic E-state index is 11.0. The Hall–Kier alpha value is -0.800. The van der Waals surface area contributed by atoms with Gasteiger partial charge in [0.05, 0.1) is 5.25 Å². The van der Waals surface area contributed by atoms with Gasteiger partial charge in [-0.3, -0.25) is 14.1 Å². The lowest BCUT2D eigenvalue weighted by atomic mass is 10.4. The van der Waals surface area contributed by atoms with Crippen molar-refractivity contribution in [3.8, 4) is 0 Å². The molecular formula is C5H9NO6S2. The molecule has 0 aromatic carbocycles. The van der Waals surface area contributed by atoms with Gasteiger partial charge in [0.15, 0.2) is 0 Å². The first-order valence-electron chi connectivity index (χ1n) is 3.37. The summed E-state index contributed by atoms with van der Waals surface area (Å²) in [6.07, 6.45) is 0. The number of hydrogen-bond acceptors (Lipinski definition) is 5. The molecule has 0 saturated heterocycles. The van der Waals surface area contributed by atoms with E-state index in [9.17, 15) is 18.0 Å². The number of carbonyl (C=O) groups is 2. The summed E-state index contributed by atoms with van der Waals surface area (Å²) in [7, 11) is -4.26. The zero-order valence-electron chi connectivity index (χ0n) is 7.13. The number of carbonyl (C=O) groups excluding carboxylic acids is 1. The molecule has 0 rings (SSSR count). The Morgan fingerprint density at radius 3 is 2.36 bits per heavy atom. The SMILES string of the molecule is CC(SS(=O)(=O)O)C(=O)NCC(=O)O. The molecule has 14 heavy (non-hydrogen) atoms. The molecule has 0 fully saturated rings. The summed E-state index contributed by atoms with van der Waals surface area (Å²) >= 11 is 0. The monoisotopic (exact) mass is 243 g/mol. The molecule has 0 saturated carbocycles. The molecular weight excluding hydrogens is 234 g/mol. The molecule has 9 heteroatoms. The van der Waals surface area contributed by atoms with Crippen LogP contribution in [0.3, 0.4) is 0 Å². The van der Waals surface area contributed by atoms with Crippen molar-refractivity contribution in [2.75, 3.05) is 6.54 Å². The molecule has 82 valence electrons. The fourth-order valence-electron chi connectivity index (χ4n) is 0.533. The van der Waals surface area contributed by atoms with Gasteiger partial charge in [0.25, 0.3) is 0 Å². The standard InChI is InChI=1S/C5H9NO6S2/c1-3(13-14(10,11)12)5(9)6-2-4(7)8/h3H,2H2,1H3,(H,6,9)(H,7,8)(H,10,11,12). The van der Waals surface area contributed by atoms with Crippen molar-refractivity contribution in [1.82, 2.24) is 5.32 Å². The Kier molecular flexibility index (Phi) is 4.88. The summed E-state index contributed by atoms with van der Waals surface area (Å²) in [6.45, 7) is 0.644. The van der Waals surface area contributed by atoms with E-state index in [1.54, 1.807) is 0 Å². The highest BCUT2D eigenvalue weighted by atomic mass is 33.1. The van der Waals surface area contributed by atoms with Gasteiger partial charge in [0.1, 0.15) is 6.54 Å². The van der Waals surface area contributed by atoms with Crippen molar-refractivity contribution in [3.63, 3.8) is 0 Å². The summed E-state index contributed by atoms with van der Waals surface area (Å²) in [5.41, 5.74) is 0. The Labute approximate surface area is 84.0 Å². The quantitative estimate of drug-likeness (QED) is 0.423. The molecule has 3 N–H and O–H groups in total. The molecule has 0 heterocycles. The Morgan fingerprint density at radius 1 is 1.50 bits per heavy atom. The minimum atomic E-state index is -4.30. The van der Waals surface area contributed by atoms with Gasteiger partial charge in [-0.05, 0) is 6.92 Å². The van der Waals surface area contributed by atoms with Crippen LogP contribution >= 0.6 is 10.8 Å². The lowest BCUT2D eigenvalue weighted by molar-refractivity contribution is -0.137. The Balaban J connectivity index is 4.07. The van der Waals surface area contributed by atoms with Crippen molar-refractivity contribution < 1.29 is 27.7 Å². The van der Waals surface area contributed by atoms with Crippen LogP contribution in [-0.2, 0) is 18.7 Å². The van der Waals surface area contributed by atoms with E-state index in [1.165, 1.54) is 6.92 Å². The highest BCUT2D eigenvalue weighted by molar-refractivity contribution is 8.70. The van der Waals surface area contributed by atoms with Gasteiger partial charge in [-0.25, -0.2) is 0 Å². The van der Waals surface area contributed by atoms with Crippen LogP contribution in [0.4, 0.5) is 0 Å². The lowest BCUT2D eigenvalue weighted by Crippen LogP contribution is -2.35. The summed E-state index contributed by atoms with van der Waals surface area (Å²) in [5.74, 6) is -2.00. The van der Waals surface area contributed by atoms with Gasteiger partial charge in [0, 0.05) is 10.8 Å². The number of aliphatic carboxylic acids is 1. The maximum Gasteiger partial charge on any atom is 0.322 e. The second-order valence-electron chi connectivity index (χ2n) is 2.28. The van der Waals surface area contributed by atoms with Gasteiger partial charge in [-0.1, -0.05) is 0 Å².